The molecule has 0 saturated carbocycles. The van der Waals surface area contributed by atoms with Crippen LogP contribution < -0.4 is 15.8 Å². The van der Waals surface area contributed by atoms with E-state index in [9.17, 15) is 0 Å². The monoisotopic (exact) mass is 276 g/mol. The maximum atomic E-state index is 5.83. The van der Waals surface area contributed by atoms with Gasteiger partial charge in [-0.05, 0) is 26.0 Å². The van der Waals surface area contributed by atoms with Gasteiger partial charge >= 0.3 is 0 Å². The number of anilines is 2. The second-order valence-corrected chi connectivity index (χ2v) is 4.79. The van der Waals surface area contributed by atoms with Gasteiger partial charge in [-0.25, -0.2) is 0 Å². The summed E-state index contributed by atoms with van der Waals surface area (Å²) >= 11 is 0. The summed E-state index contributed by atoms with van der Waals surface area (Å²) in [5, 5.41) is 11.1. The predicted molar refractivity (Wildman–Crippen MR) is 77.6 cm³/mol. The first-order valence-corrected chi connectivity index (χ1v) is 6.56. The Morgan fingerprint density at radius 1 is 1.40 bits per heavy atom. The largest absolute Gasteiger partial charge is 0.473 e. The summed E-state index contributed by atoms with van der Waals surface area (Å²) in [4.78, 5) is 4.35. The average molecular weight is 276 g/mol. The molecule has 0 fully saturated rings. The lowest BCUT2D eigenvalue weighted by Gasteiger charge is -2.12. The van der Waals surface area contributed by atoms with E-state index >= 15 is 0 Å². The molecule has 0 aromatic carbocycles. The van der Waals surface area contributed by atoms with Crippen LogP contribution in [0.1, 0.15) is 19.7 Å². The highest BCUT2D eigenvalue weighted by molar-refractivity contribution is 5.53. The van der Waals surface area contributed by atoms with Crippen molar-refractivity contribution in [1.82, 2.24) is 19.7 Å². The predicted octanol–water partition coefficient (Wildman–Crippen LogP) is 1.23. The van der Waals surface area contributed by atoms with Gasteiger partial charge in [-0.15, -0.1) is 10.2 Å². The van der Waals surface area contributed by atoms with Crippen LogP contribution in [0.5, 0.6) is 5.88 Å². The molecule has 0 bridgehead atoms. The molecule has 0 unspecified atom stereocenters. The zero-order valence-corrected chi connectivity index (χ0v) is 12.0. The van der Waals surface area contributed by atoms with E-state index in [-0.39, 0.29) is 6.10 Å². The van der Waals surface area contributed by atoms with Gasteiger partial charge < -0.3 is 20.4 Å². The van der Waals surface area contributed by atoms with Crippen molar-refractivity contribution in [2.75, 3.05) is 17.6 Å². The molecule has 0 amide bonds. The average Bonchev–Trinajstić information content (AvgIpc) is 2.79. The highest BCUT2D eigenvalue weighted by atomic mass is 16.5. The zero-order valence-electron chi connectivity index (χ0n) is 12.0. The van der Waals surface area contributed by atoms with Crippen molar-refractivity contribution in [3.63, 3.8) is 0 Å². The summed E-state index contributed by atoms with van der Waals surface area (Å²) in [6, 6.07) is 3.62. The molecule has 3 N–H and O–H groups in total. The molecule has 0 radical (unpaired) electrons. The first-order valence-electron chi connectivity index (χ1n) is 6.56. The van der Waals surface area contributed by atoms with Gasteiger partial charge in [-0.1, -0.05) is 0 Å². The second-order valence-electron chi connectivity index (χ2n) is 4.79. The van der Waals surface area contributed by atoms with E-state index in [0.29, 0.717) is 18.1 Å². The van der Waals surface area contributed by atoms with E-state index in [4.69, 9.17) is 10.5 Å². The highest BCUT2D eigenvalue weighted by Crippen LogP contribution is 2.21. The van der Waals surface area contributed by atoms with Gasteiger partial charge in [0.2, 0.25) is 5.88 Å². The van der Waals surface area contributed by atoms with Crippen molar-refractivity contribution in [1.29, 1.82) is 0 Å². The molecule has 0 aliphatic carbocycles. The van der Waals surface area contributed by atoms with Crippen molar-refractivity contribution in [2.24, 2.45) is 7.05 Å². The Balaban J connectivity index is 1.94. The van der Waals surface area contributed by atoms with Gasteiger partial charge in [-0.2, -0.15) is 4.98 Å². The Morgan fingerprint density at radius 2 is 2.20 bits per heavy atom. The number of nitrogens with zero attached hydrogens (tertiary/aromatic N) is 4. The minimum atomic E-state index is 0.0405. The van der Waals surface area contributed by atoms with Gasteiger partial charge in [-0.3, -0.25) is 0 Å². The molecule has 2 heterocycles. The highest BCUT2D eigenvalue weighted by Gasteiger charge is 2.07. The van der Waals surface area contributed by atoms with Crippen LogP contribution >= 0.6 is 0 Å². The fraction of sp³-hybridized carbons (Fsp3) is 0.462. The molecular formula is C13H20N6O. The Labute approximate surface area is 118 Å². The number of nitrogen functional groups attached to an aromatic ring is 1. The minimum Gasteiger partial charge on any atom is -0.473 e. The van der Waals surface area contributed by atoms with Gasteiger partial charge in [0.05, 0.1) is 11.8 Å². The van der Waals surface area contributed by atoms with E-state index in [1.807, 2.05) is 31.5 Å². The summed E-state index contributed by atoms with van der Waals surface area (Å²) in [5.41, 5.74) is 6.37. The molecule has 108 valence electrons. The summed E-state index contributed by atoms with van der Waals surface area (Å²) in [6.07, 6.45) is 2.49. The van der Waals surface area contributed by atoms with E-state index in [0.717, 1.165) is 18.1 Å². The van der Waals surface area contributed by atoms with E-state index in [2.05, 4.69) is 20.5 Å². The van der Waals surface area contributed by atoms with Crippen LogP contribution in [0.4, 0.5) is 11.5 Å². The fourth-order valence-electron chi connectivity index (χ4n) is 1.70. The first-order chi connectivity index (χ1) is 9.56. The Hall–Kier alpha value is -2.31. The van der Waals surface area contributed by atoms with E-state index < -0.39 is 0 Å². The standard InChI is InChI=1S/C13H20N6O/c1-9(2)20-13-10(14)4-5-11(17-13)15-7-6-12-18-16-8-19(12)3/h4-5,8-9H,6-7,14H2,1-3H3,(H,15,17). The summed E-state index contributed by atoms with van der Waals surface area (Å²) < 4.78 is 7.45. The first kappa shape index (κ1) is 14.1. The van der Waals surface area contributed by atoms with Gasteiger partial charge in [0.1, 0.15) is 18.0 Å². The Kier molecular flexibility index (Phi) is 4.39. The topological polar surface area (TPSA) is 90.9 Å². The molecular weight excluding hydrogens is 256 g/mol. The number of rotatable bonds is 6. The number of nitrogens with one attached hydrogen (secondary N) is 1. The maximum absolute atomic E-state index is 5.83. The number of ether oxygens (including phenoxy) is 1. The lowest BCUT2D eigenvalue weighted by atomic mass is 10.3. The van der Waals surface area contributed by atoms with Gasteiger partial charge in [0.15, 0.2) is 0 Å². The lowest BCUT2D eigenvalue weighted by Crippen LogP contribution is -2.12. The zero-order chi connectivity index (χ0) is 14.5. The minimum absolute atomic E-state index is 0.0405. The SMILES string of the molecule is CC(C)Oc1nc(NCCc2nncn2C)ccc1N. The fourth-order valence-corrected chi connectivity index (χ4v) is 1.70. The third-order valence-electron chi connectivity index (χ3n) is 2.70. The van der Waals surface area contributed by atoms with Crippen LogP contribution in [0.25, 0.3) is 0 Å². The van der Waals surface area contributed by atoms with Crippen LogP contribution in [0.15, 0.2) is 18.5 Å². The van der Waals surface area contributed by atoms with E-state index in [1.165, 1.54) is 0 Å². The quantitative estimate of drug-likeness (QED) is 0.824. The number of aryl methyl sites for hydroxylation is 1. The summed E-state index contributed by atoms with van der Waals surface area (Å²) in [5.74, 6) is 2.12. The summed E-state index contributed by atoms with van der Waals surface area (Å²) in [6.45, 7) is 4.59. The van der Waals surface area contributed by atoms with Gasteiger partial charge in [0.25, 0.3) is 0 Å². The van der Waals surface area contributed by atoms with Crippen LogP contribution in [-0.4, -0.2) is 32.4 Å². The van der Waals surface area contributed by atoms with Crippen LogP contribution in [0.3, 0.4) is 0 Å². The van der Waals surface area contributed by atoms with Crippen molar-refractivity contribution in [3.05, 3.63) is 24.3 Å². The van der Waals surface area contributed by atoms with E-state index in [1.54, 1.807) is 12.4 Å². The lowest BCUT2D eigenvalue weighted by molar-refractivity contribution is 0.234. The maximum Gasteiger partial charge on any atom is 0.239 e. The Bertz CT molecular complexity index is 566. The number of hydrogen-bond acceptors (Lipinski definition) is 6. The molecule has 2 aromatic heterocycles. The third-order valence-corrected chi connectivity index (χ3v) is 2.70. The molecule has 20 heavy (non-hydrogen) atoms. The molecule has 0 aliphatic heterocycles. The molecule has 0 saturated heterocycles. The second kappa shape index (κ2) is 6.23. The summed E-state index contributed by atoms with van der Waals surface area (Å²) in [7, 11) is 1.92. The van der Waals surface area contributed by atoms with Crippen LogP contribution in [0, 0.1) is 0 Å². The van der Waals surface area contributed by atoms with Gasteiger partial charge in [0, 0.05) is 20.0 Å². The van der Waals surface area contributed by atoms with Crippen LogP contribution in [0.2, 0.25) is 0 Å². The van der Waals surface area contributed by atoms with Crippen molar-refractivity contribution in [2.45, 2.75) is 26.4 Å². The molecule has 2 rings (SSSR count). The van der Waals surface area contributed by atoms with Crippen molar-refractivity contribution in [3.8, 4) is 5.88 Å². The third kappa shape index (κ3) is 3.59. The molecule has 2 aromatic rings. The number of hydrogen-bond donors (Lipinski definition) is 2. The Morgan fingerprint density at radius 3 is 2.85 bits per heavy atom. The van der Waals surface area contributed by atoms with Crippen molar-refractivity contribution >= 4 is 11.5 Å². The molecule has 0 atom stereocenters. The molecule has 7 nitrogen and oxygen atoms in total. The number of nitrogens with two attached hydrogens (primary N) is 1. The molecule has 0 spiro atoms. The normalized spacial score (nSPS) is 10.8. The molecule has 0 aliphatic rings. The molecule has 7 heteroatoms. The van der Waals surface area contributed by atoms with Crippen LogP contribution in [-0.2, 0) is 13.5 Å². The van der Waals surface area contributed by atoms with Crippen molar-refractivity contribution < 1.29 is 4.74 Å². The number of aromatic nitrogens is 4. The number of pyridine rings is 1. The smallest absolute Gasteiger partial charge is 0.239 e.